The van der Waals surface area contributed by atoms with Gasteiger partial charge in [0.15, 0.2) is 0 Å². The van der Waals surface area contributed by atoms with Crippen LogP contribution in [0, 0.1) is 0 Å². The minimum Gasteiger partial charge on any atom is -0.480 e. The average molecular weight is 278 g/mol. The Morgan fingerprint density at radius 3 is 2.55 bits per heavy atom. The molecule has 0 spiro atoms. The van der Waals surface area contributed by atoms with Crippen LogP contribution < -0.4 is 10.6 Å². The van der Waals surface area contributed by atoms with Crippen molar-refractivity contribution in [3.63, 3.8) is 0 Å². The number of hydrogen-bond donors (Lipinski definition) is 3. The quantitative estimate of drug-likeness (QED) is 0.599. The molecule has 0 aliphatic rings. The number of amides is 1. The lowest BCUT2D eigenvalue weighted by molar-refractivity contribution is -0.141. The zero-order valence-corrected chi connectivity index (χ0v) is 11.8. The number of aliphatic carboxylic acids is 1. The molecule has 0 aromatic heterocycles. The van der Waals surface area contributed by atoms with Crippen LogP contribution in [0.15, 0.2) is 30.3 Å². The van der Waals surface area contributed by atoms with Crippen LogP contribution in [0.5, 0.6) is 0 Å². The standard InChI is InChI=1S/C15H22N2O3/c1-2-3-9-16-14(18)10-13(15(19)20)17-11-12-7-5-4-6-8-12/h4-8,13,17H,2-3,9-11H2,1H3,(H,16,18)(H,19,20). The van der Waals surface area contributed by atoms with Gasteiger partial charge in [-0.2, -0.15) is 0 Å². The van der Waals surface area contributed by atoms with E-state index in [0.717, 1.165) is 18.4 Å². The first-order chi connectivity index (χ1) is 9.63. The summed E-state index contributed by atoms with van der Waals surface area (Å²) in [5.41, 5.74) is 0.991. The lowest BCUT2D eigenvalue weighted by atomic mass is 10.1. The third-order valence-electron chi connectivity index (χ3n) is 2.94. The van der Waals surface area contributed by atoms with Crippen LogP contribution in [0.25, 0.3) is 0 Å². The van der Waals surface area contributed by atoms with E-state index in [0.29, 0.717) is 13.1 Å². The fourth-order valence-electron chi connectivity index (χ4n) is 1.75. The monoisotopic (exact) mass is 278 g/mol. The first-order valence-corrected chi connectivity index (χ1v) is 6.90. The molecule has 0 aliphatic heterocycles. The summed E-state index contributed by atoms with van der Waals surface area (Å²) in [5.74, 6) is -1.24. The third kappa shape index (κ3) is 6.33. The molecule has 1 rings (SSSR count). The molecule has 5 heteroatoms. The lowest BCUT2D eigenvalue weighted by Gasteiger charge is -2.14. The predicted octanol–water partition coefficient (Wildman–Crippen LogP) is 1.54. The zero-order valence-electron chi connectivity index (χ0n) is 11.8. The van der Waals surface area contributed by atoms with Crippen molar-refractivity contribution in [2.45, 2.75) is 38.8 Å². The summed E-state index contributed by atoms with van der Waals surface area (Å²) in [6.07, 6.45) is 1.85. The van der Waals surface area contributed by atoms with Gasteiger partial charge in [-0.05, 0) is 12.0 Å². The maximum atomic E-state index is 11.6. The first kappa shape index (κ1) is 16.2. The Labute approximate surface area is 119 Å². The van der Waals surface area contributed by atoms with Crippen LogP contribution in [0.3, 0.4) is 0 Å². The molecule has 0 aliphatic carbocycles. The Morgan fingerprint density at radius 1 is 1.25 bits per heavy atom. The van der Waals surface area contributed by atoms with Crippen LogP contribution in [0.4, 0.5) is 0 Å². The maximum absolute atomic E-state index is 11.6. The van der Waals surface area contributed by atoms with Crippen LogP contribution in [-0.4, -0.2) is 29.6 Å². The van der Waals surface area contributed by atoms with E-state index in [-0.39, 0.29) is 12.3 Å². The summed E-state index contributed by atoms with van der Waals surface area (Å²) >= 11 is 0. The molecule has 20 heavy (non-hydrogen) atoms. The van der Waals surface area contributed by atoms with Crippen molar-refractivity contribution >= 4 is 11.9 Å². The number of carboxylic acids is 1. The third-order valence-corrected chi connectivity index (χ3v) is 2.94. The molecule has 0 heterocycles. The summed E-state index contributed by atoms with van der Waals surface area (Å²) in [6, 6.07) is 8.64. The molecule has 3 N–H and O–H groups in total. The smallest absolute Gasteiger partial charge is 0.321 e. The highest BCUT2D eigenvalue weighted by molar-refractivity contribution is 5.84. The highest BCUT2D eigenvalue weighted by Gasteiger charge is 2.20. The molecule has 1 amide bonds. The fraction of sp³-hybridized carbons (Fsp3) is 0.467. The summed E-state index contributed by atoms with van der Waals surface area (Å²) in [7, 11) is 0. The molecule has 110 valence electrons. The fourth-order valence-corrected chi connectivity index (χ4v) is 1.75. The Hall–Kier alpha value is -1.88. The first-order valence-electron chi connectivity index (χ1n) is 6.90. The number of carbonyl (C=O) groups is 2. The highest BCUT2D eigenvalue weighted by Crippen LogP contribution is 2.00. The van der Waals surface area contributed by atoms with E-state index in [1.165, 1.54) is 0 Å². The SMILES string of the molecule is CCCCNC(=O)CC(NCc1ccccc1)C(=O)O. The molecule has 0 saturated heterocycles. The minimum atomic E-state index is -1.01. The van der Waals surface area contributed by atoms with E-state index in [4.69, 9.17) is 5.11 Å². The average Bonchev–Trinajstić information content (AvgIpc) is 2.44. The van der Waals surface area contributed by atoms with Gasteiger partial charge in [0.2, 0.25) is 5.91 Å². The second-order valence-corrected chi connectivity index (χ2v) is 4.66. The number of carboxylic acid groups (broad SMARTS) is 1. The van der Waals surface area contributed by atoms with Gasteiger partial charge in [0.1, 0.15) is 6.04 Å². The van der Waals surface area contributed by atoms with E-state index >= 15 is 0 Å². The molecule has 1 aromatic rings. The number of rotatable bonds is 9. The summed E-state index contributed by atoms with van der Waals surface area (Å²) in [5, 5.41) is 14.8. The Balaban J connectivity index is 2.40. The zero-order chi connectivity index (χ0) is 14.8. The number of nitrogens with one attached hydrogen (secondary N) is 2. The van der Waals surface area contributed by atoms with Gasteiger partial charge in [-0.15, -0.1) is 0 Å². The van der Waals surface area contributed by atoms with Gasteiger partial charge in [0.05, 0.1) is 6.42 Å². The Morgan fingerprint density at radius 2 is 1.95 bits per heavy atom. The van der Waals surface area contributed by atoms with Crippen molar-refractivity contribution < 1.29 is 14.7 Å². The largest absolute Gasteiger partial charge is 0.480 e. The molecule has 5 nitrogen and oxygen atoms in total. The Bertz CT molecular complexity index is 420. The van der Waals surface area contributed by atoms with E-state index in [9.17, 15) is 9.59 Å². The van der Waals surface area contributed by atoms with Crippen LogP contribution in [0.2, 0.25) is 0 Å². The van der Waals surface area contributed by atoms with E-state index < -0.39 is 12.0 Å². The highest BCUT2D eigenvalue weighted by atomic mass is 16.4. The van der Waals surface area contributed by atoms with Crippen LogP contribution in [-0.2, 0) is 16.1 Å². The minimum absolute atomic E-state index is 0.0497. The molecular weight excluding hydrogens is 256 g/mol. The summed E-state index contributed by atoms with van der Waals surface area (Å²) in [4.78, 5) is 22.8. The van der Waals surface area contributed by atoms with Crippen LogP contribution in [0.1, 0.15) is 31.7 Å². The number of unbranched alkanes of at least 4 members (excludes halogenated alkanes) is 1. The molecule has 1 atom stereocenters. The van der Waals surface area contributed by atoms with E-state index in [1.54, 1.807) is 0 Å². The van der Waals surface area contributed by atoms with Gasteiger partial charge in [-0.3, -0.25) is 14.9 Å². The lowest BCUT2D eigenvalue weighted by Crippen LogP contribution is -2.41. The van der Waals surface area contributed by atoms with Crippen molar-refractivity contribution in [3.05, 3.63) is 35.9 Å². The molecule has 0 bridgehead atoms. The van der Waals surface area contributed by atoms with Gasteiger partial charge < -0.3 is 10.4 Å². The van der Waals surface area contributed by atoms with Gasteiger partial charge in [0, 0.05) is 13.1 Å². The topological polar surface area (TPSA) is 78.4 Å². The molecule has 1 unspecified atom stereocenters. The number of carbonyl (C=O) groups excluding carboxylic acids is 1. The van der Waals surface area contributed by atoms with Gasteiger partial charge in [0.25, 0.3) is 0 Å². The second-order valence-electron chi connectivity index (χ2n) is 4.66. The van der Waals surface area contributed by atoms with Gasteiger partial charge in [-0.1, -0.05) is 43.7 Å². The molecule has 0 fully saturated rings. The predicted molar refractivity (Wildman–Crippen MR) is 77.2 cm³/mol. The van der Waals surface area contributed by atoms with Gasteiger partial charge >= 0.3 is 5.97 Å². The summed E-state index contributed by atoms with van der Waals surface area (Å²) in [6.45, 7) is 3.06. The van der Waals surface area contributed by atoms with Crippen molar-refractivity contribution in [3.8, 4) is 0 Å². The van der Waals surface area contributed by atoms with Crippen molar-refractivity contribution in [2.24, 2.45) is 0 Å². The van der Waals surface area contributed by atoms with Gasteiger partial charge in [-0.25, -0.2) is 0 Å². The maximum Gasteiger partial charge on any atom is 0.321 e. The molecular formula is C15H22N2O3. The van der Waals surface area contributed by atoms with Crippen molar-refractivity contribution in [1.82, 2.24) is 10.6 Å². The molecule has 0 saturated carbocycles. The van der Waals surface area contributed by atoms with Crippen molar-refractivity contribution in [1.29, 1.82) is 0 Å². The Kier molecular flexibility index (Phi) is 7.35. The molecule has 1 aromatic carbocycles. The molecule has 0 radical (unpaired) electrons. The number of benzene rings is 1. The van der Waals surface area contributed by atoms with E-state index in [1.807, 2.05) is 37.3 Å². The number of hydrogen-bond acceptors (Lipinski definition) is 3. The second kappa shape index (κ2) is 9.09. The van der Waals surface area contributed by atoms with Crippen molar-refractivity contribution in [2.75, 3.05) is 6.54 Å². The normalized spacial score (nSPS) is 11.8. The summed E-state index contributed by atoms with van der Waals surface area (Å²) < 4.78 is 0. The van der Waals surface area contributed by atoms with Crippen LogP contribution >= 0.6 is 0 Å². The van der Waals surface area contributed by atoms with E-state index in [2.05, 4.69) is 10.6 Å².